The van der Waals surface area contributed by atoms with E-state index in [9.17, 15) is 5.11 Å². The summed E-state index contributed by atoms with van der Waals surface area (Å²) in [6.07, 6.45) is 1.85. The smallest absolute Gasteiger partial charge is 0.120 e. The lowest BCUT2D eigenvalue weighted by molar-refractivity contribution is 0.0374. The van der Waals surface area contributed by atoms with Gasteiger partial charge in [0.2, 0.25) is 0 Å². The van der Waals surface area contributed by atoms with Gasteiger partial charge < -0.3 is 5.11 Å². The van der Waals surface area contributed by atoms with Crippen LogP contribution in [0.1, 0.15) is 26.3 Å². The van der Waals surface area contributed by atoms with E-state index in [1.54, 1.807) is 6.07 Å². The van der Waals surface area contributed by atoms with Gasteiger partial charge in [0.15, 0.2) is 0 Å². The summed E-state index contributed by atoms with van der Waals surface area (Å²) in [6.45, 7) is 9.08. The molecule has 0 aliphatic carbocycles. The van der Waals surface area contributed by atoms with E-state index in [0.717, 1.165) is 25.2 Å². The molecule has 1 aromatic carbocycles. The van der Waals surface area contributed by atoms with Gasteiger partial charge in [0, 0.05) is 31.4 Å². The molecule has 0 saturated carbocycles. The number of hydrogen-bond donors (Lipinski definition) is 1. The zero-order chi connectivity index (χ0) is 13.8. The van der Waals surface area contributed by atoms with Crippen LogP contribution >= 0.6 is 0 Å². The van der Waals surface area contributed by atoms with Crippen LogP contribution in [0.15, 0.2) is 29.4 Å². The second-order valence-electron chi connectivity index (χ2n) is 5.27. The first kappa shape index (κ1) is 13.9. The van der Waals surface area contributed by atoms with Crippen molar-refractivity contribution in [1.29, 1.82) is 0 Å². The molecule has 1 N–H and O–H groups in total. The lowest BCUT2D eigenvalue weighted by atomic mass is 10.1. The first-order chi connectivity index (χ1) is 9.11. The van der Waals surface area contributed by atoms with Crippen molar-refractivity contribution in [3.8, 4) is 5.75 Å². The maximum Gasteiger partial charge on any atom is 0.120 e. The Kier molecular flexibility index (Phi) is 4.43. The number of para-hydroxylation sites is 1. The molecule has 0 amide bonds. The molecule has 0 bridgehead atoms. The number of benzene rings is 1. The van der Waals surface area contributed by atoms with Crippen LogP contribution in [-0.4, -0.2) is 46.4 Å². The largest absolute Gasteiger partial charge is 0.508 e. The minimum Gasteiger partial charge on any atom is -0.508 e. The molecule has 1 aliphatic rings. The van der Waals surface area contributed by atoms with E-state index in [1.807, 2.05) is 31.3 Å². The molecular weight excluding hydrogens is 238 g/mol. The minimum absolute atomic E-state index is 0.386. The molecule has 0 radical (unpaired) electrons. The molecule has 1 heterocycles. The Morgan fingerprint density at radius 2 is 1.89 bits per heavy atom. The van der Waals surface area contributed by atoms with Gasteiger partial charge in [-0.05, 0) is 26.8 Å². The molecule has 0 aromatic heterocycles. The van der Waals surface area contributed by atoms with Gasteiger partial charge in [0.05, 0.1) is 12.1 Å². The molecule has 1 aromatic rings. The average Bonchev–Trinajstić information content (AvgIpc) is 2.37. The SMILES string of the molecule is CC=NN1C(C)CN(Cc2ccccc2O)CC1C. The van der Waals surface area contributed by atoms with E-state index in [0.29, 0.717) is 17.8 Å². The lowest BCUT2D eigenvalue weighted by Crippen LogP contribution is -2.54. The molecule has 0 spiro atoms. The number of hydrazone groups is 1. The third-order valence-corrected chi connectivity index (χ3v) is 3.58. The Bertz CT molecular complexity index is 435. The highest BCUT2D eigenvalue weighted by molar-refractivity contribution is 5.52. The number of hydrogen-bond acceptors (Lipinski definition) is 4. The van der Waals surface area contributed by atoms with Crippen molar-refractivity contribution >= 4 is 6.21 Å². The van der Waals surface area contributed by atoms with E-state index in [4.69, 9.17) is 0 Å². The Morgan fingerprint density at radius 3 is 2.47 bits per heavy atom. The van der Waals surface area contributed by atoms with Gasteiger partial charge in [-0.25, -0.2) is 0 Å². The van der Waals surface area contributed by atoms with E-state index in [1.165, 1.54) is 0 Å². The first-order valence-electron chi connectivity index (χ1n) is 6.88. The molecule has 4 nitrogen and oxygen atoms in total. The maximum absolute atomic E-state index is 9.85. The lowest BCUT2D eigenvalue weighted by Gasteiger charge is -2.42. The highest BCUT2D eigenvalue weighted by Gasteiger charge is 2.28. The van der Waals surface area contributed by atoms with Gasteiger partial charge in [-0.2, -0.15) is 5.10 Å². The van der Waals surface area contributed by atoms with Crippen molar-refractivity contribution in [2.45, 2.75) is 39.4 Å². The Hall–Kier alpha value is -1.55. The average molecular weight is 261 g/mol. The zero-order valence-corrected chi connectivity index (χ0v) is 12.0. The predicted octanol–water partition coefficient (Wildman–Crippen LogP) is 2.29. The van der Waals surface area contributed by atoms with Crippen LogP contribution in [0.3, 0.4) is 0 Å². The summed E-state index contributed by atoms with van der Waals surface area (Å²) < 4.78 is 0. The van der Waals surface area contributed by atoms with E-state index < -0.39 is 0 Å². The normalized spacial score (nSPS) is 25.1. The molecule has 1 fully saturated rings. The summed E-state index contributed by atoms with van der Waals surface area (Å²) in [5, 5.41) is 16.5. The van der Waals surface area contributed by atoms with Crippen LogP contribution < -0.4 is 0 Å². The summed E-state index contributed by atoms with van der Waals surface area (Å²) in [6, 6.07) is 8.36. The van der Waals surface area contributed by atoms with E-state index in [-0.39, 0.29) is 0 Å². The van der Waals surface area contributed by atoms with Gasteiger partial charge in [0.1, 0.15) is 5.75 Å². The standard InChI is InChI=1S/C15H23N3O/c1-4-16-18-12(2)9-17(10-13(18)3)11-14-7-5-6-8-15(14)19/h4-8,12-13,19H,9-11H2,1-3H3. The number of phenols is 1. The van der Waals surface area contributed by atoms with Gasteiger partial charge in [0.25, 0.3) is 0 Å². The van der Waals surface area contributed by atoms with Crippen LogP contribution in [0.4, 0.5) is 0 Å². The zero-order valence-electron chi connectivity index (χ0n) is 12.0. The number of nitrogens with zero attached hydrogens (tertiary/aromatic N) is 3. The fourth-order valence-electron chi connectivity index (χ4n) is 2.80. The maximum atomic E-state index is 9.85. The number of rotatable bonds is 3. The number of piperazine rings is 1. The van der Waals surface area contributed by atoms with E-state index in [2.05, 4.69) is 28.9 Å². The quantitative estimate of drug-likeness (QED) is 0.849. The van der Waals surface area contributed by atoms with Crippen molar-refractivity contribution in [3.05, 3.63) is 29.8 Å². The van der Waals surface area contributed by atoms with Crippen molar-refractivity contribution < 1.29 is 5.11 Å². The Balaban J connectivity index is 2.03. The van der Waals surface area contributed by atoms with Crippen LogP contribution in [0.2, 0.25) is 0 Å². The first-order valence-corrected chi connectivity index (χ1v) is 6.88. The second kappa shape index (κ2) is 6.06. The third kappa shape index (κ3) is 3.26. The number of phenolic OH excluding ortho intramolecular Hbond substituents is 1. The van der Waals surface area contributed by atoms with Crippen molar-refractivity contribution in [2.24, 2.45) is 5.10 Å². The molecule has 2 atom stereocenters. The van der Waals surface area contributed by atoms with Crippen LogP contribution in [0, 0.1) is 0 Å². The molecule has 4 heteroatoms. The summed E-state index contributed by atoms with van der Waals surface area (Å²) in [4.78, 5) is 2.38. The molecule has 1 aliphatic heterocycles. The fraction of sp³-hybridized carbons (Fsp3) is 0.533. The topological polar surface area (TPSA) is 39.1 Å². The van der Waals surface area contributed by atoms with Crippen LogP contribution in [0.5, 0.6) is 5.75 Å². The summed E-state index contributed by atoms with van der Waals surface area (Å²) in [5.41, 5.74) is 0.995. The summed E-state index contributed by atoms with van der Waals surface area (Å²) in [7, 11) is 0. The Morgan fingerprint density at radius 1 is 1.26 bits per heavy atom. The molecule has 2 unspecified atom stereocenters. The summed E-state index contributed by atoms with van der Waals surface area (Å²) >= 11 is 0. The minimum atomic E-state index is 0.386. The monoisotopic (exact) mass is 261 g/mol. The third-order valence-electron chi connectivity index (χ3n) is 3.58. The molecule has 2 rings (SSSR count). The van der Waals surface area contributed by atoms with Gasteiger partial charge in [-0.3, -0.25) is 9.91 Å². The number of aromatic hydroxyl groups is 1. The summed E-state index contributed by atoms with van der Waals surface area (Å²) in [5.74, 6) is 0.386. The molecule has 1 saturated heterocycles. The molecule has 19 heavy (non-hydrogen) atoms. The van der Waals surface area contributed by atoms with Crippen molar-refractivity contribution in [1.82, 2.24) is 9.91 Å². The fourth-order valence-corrected chi connectivity index (χ4v) is 2.80. The highest BCUT2D eigenvalue weighted by Crippen LogP contribution is 2.22. The molecule has 104 valence electrons. The van der Waals surface area contributed by atoms with Crippen molar-refractivity contribution in [3.63, 3.8) is 0 Å². The van der Waals surface area contributed by atoms with Gasteiger partial charge in [-0.15, -0.1) is 0 Å². The highest BCUT2D eigenvalue weighted by atomic mass is 16.3. The van der Waals surface area contributed by atoms with E-state index >= 15 is 0 Å². The Labute approximate surface area is 115 Å². The second-order valence-corrected chi connectivity index (χ2v) is 5.27. The van der Waals surface area contributed by atoms with Crippen molar-refractivity contribution in [2.75, 3.05) is 13.1 Å². The van der Waals surface area contributed by atoms with Crippen LogP contribution in [0.25, 0.3) is 0 Å². The van der Waals surface area contributed by atoms with Crippen LogP contribution in [-0.2, 0) is 6.54 Å². The van der Waals surface area contributed by atoms with Gasteiger partial charge in [-0.1, -0.05) is 18.2 Å². The predicted molar refractivity (Wildman–Crippen MR) is 78.3 cm³/mol. The molecular formula is C15H23N3O. The van der Waals surface area contributed by atoms with Gasteiger partial charge >= 0.3 is 0 Å².